The van der Waals surface area contributed by atoms with Crippen molar-refractivity contribution in [2.45, 2.75) is 24.0 Å². The van der Waals surface area contributed by atoms with Crippen LogP contribution < -0.4 is 5.73 Å². The number of benzene rings is 1. The van der Waals surface area contributed by atoms with Crippen LogP contribution in [0.25, 0.3) is 0 Å². The highest BCUT2D eigenvalue weighted by atomic mass is 32.2. The molecular weight excluding hydrogens is 189 g/mol. The van der Waals surface area contributed by atoms with Crippen molar-refractivity contribution in [3.63, 3.8) is 0 Å². The predicted octanol–water partition coefficient (Wildman–Crippen LogP) is 1.92. The molecule has 0 amide bonds. The average Bonchev–Trinajstić information content (AvgIpc) is 2.03. The van der Waals surface area contributed by atoms with Crippen molar-refractivity contribution in [1.82, 2.24) is 0 Å². The fraction of sp³-hybridized carbons (Fsp3) is 0.333. The lowest BCUT2D eigenvalue weighted by Gasteiger charge is -2.07. The Hall–Kier alpha value is -0.900. The van der Waals surface area contributed by atoms with Crippen LogP contribution in [-0.2, 0) is 10.8 Å². The van der Waals surface area contributed by atoms with Crippen molar-refractivity contribution in [2.24, 2.45) is 0 Å². The first-order valence-electron chi connectivity index (χ1n) is 3.98. The number of nitrogens with two attached hydrogens (primary N) is 1. The van der Waals surface area contributed by atoms with Gasteiger partial charge in [-0.25, -0.2) is 4.39 Å². The number of halogens is 1. The Kier molecular flexibility index (Phi) is 3.03. The Morgan fingerprint density at radius 1 is 1.46 bits per heavy atom. The van der Waals surface area contributed by atoms with Crippen LogP contribution in [-0.4, -0.2) is 9.46 Å². The molecule has 13 heavy (non-hydrogen) atoms. The summed E-state index contributed by atoms with van der Waals surface area (Å²) in [4.78, 5) is 0.511. The van der Waals surface area contributed by atoms with E-state index in [1.807, 2.05) is 13.8 Å². The summed E-state index contributed by atoms with van der Waals surface area (Å²) >= 11 is 0. The minimum Gasteiger partial charge on any atom is -0.398 e. The number of rotatable bonds is 2. The molecule has 0 aromatic heterocycles. The third kappa shape index (κ3) is 2.28. The molecule has 1 rings (SSSR count). The number of hydrogen-bond donors (Lipinski definition) is 1. The summed E-state index contributed by atoms with van der Waals surface area (Å²) in [5.41, 5.74) is 5.78. The van der Waals surface area contributed by atoms with Crippen LogP contribution in [0.4, 0.5) is 10.1 Å². The zero-order chi connectivity index (χ0) is 10.0. The molecule has 2 nitrogen and oxygen atoms in total. The molecule has 72 valence electrons. The maximum Gasteiger partial charge on any atom is 0.125 e. The molecule has 0 aliphatic rings. The molecule has 1 atom stereocenters. The van der Waals surface area contributed by atoms with Gasteiger partial charge in [-0.05, 0) is 18.2 Å². The van der Waals surface area contributed by atoms with Gasteiger partial charge in [-0.3, -0.25) is 4.21 Å². The topological polar surface area (TPSA) is 43.1 Å². The smallest absolute Gasteiger partial charge is 0.125 e. The van der Waals surface area contributed by atoms with Gasteiger partial charge in [-0.1, -0.05) is 13.8 Å². The second-order valence-electron chi connectivity index (χ2n) is 3.03. The van der Waals surface area contributed by atoms with Gasteiger partial charge in [0.15, 0.2) is 0 Å². The Morgan fingerprint density at radius 2 is 2.08 bits per heavy atom. The lowest BCUT2D eigenvalue weighted by molar-refractivity contribution is 0.627. The summed E-state index contributed by atoms with van der Waals surface area (Å²) in [6.07, 6.45) is 0. The molecule has 0 aliphatic carbocycles. The lowest BCUT2D eigenvalue weighted by atomic mass is 10.3. The fourth-order valence-electron chi connectivity index (χ4n) is 0.956. The maximum absolute atomic E-state index is 12.6. The number of anilines is 1. The van der Waals surface area contributed by atoms with Crippen molar-refractivity contribution < 1.29 is 8.60 Å². The van der Waals surface area contributed by atoms with Crippen LogP contribution in [0.15, 0.2) is 23.1 Å². The number of hydrogen-bond acceptors (Lipinski definition) is 2. The van der Waals surface area contributed by atoms with E-state index in [4.69, 9.17) is 5.73 Å². The van der Waals surface area contributed by atoms with Gasteiger partial charge in [0.1, 0.15) is 5.82 Å². The lowest BCUT2D eigenvalue weighted by Crippen LogP contribution is -2.08. The standard InChI is InChI=1S/C9H12FNOS/c1-6(2)13(12)9-4-3-7(10)5-8(9)11/h3-6H,11H2,1-2H3. The van der Waals surface area contributed by atoms with Crippen LogP contribution in [0.5, 0.6) is 0 Å². The molecule has 1 aromatic rings. The van der Waals surface area contributed by atoms with E-state index in [2.05, 4.69) is 0 Å². The van der Waals surface area contributed by atoms with Gasteiger partial charge in [0.25, 0.3) is 0 Å². The molecule has 0 fully saturated rings. The number of nitrogen functional groups attached to an aromatic ring is 1. The molecule has 0 heterocycles. The molecule has 0 aliphatic heterocycles. The minimum atomic E-state index is -1.15. The van der Waals surface area contributed by atoms with Crippen molar-refractivity contribution in [1.29, 1.82) is 0 Å². The Labute approximate surface area is 79.4 Å². The van der Waals surface area contributed by atoms with Gasteiger partial charge in [0.2, 0.25) is 0 Å². The monoisotopic (exact) mass is 201 g/mol. The summed E-state index contributed by atoms with van der Waals surface area (Å²) in [5, 5.41) is -0.00670. The molecule has 0 saturated carbocycles. The van der Waals surface area contributed by atoms with E-state index in [9.17, 15) is 8.60 Å². The van der Waals surface area contributed by atoms with Gasteiger partial charge in [-0.15, -0.1) is 0 Å². The largest absolute Gasteiger partial charge is 0.398 e. The molecular formula is C9H12FNOS. The van der Waals surface area contributed by atoms with E-state index < -0.39 is 16.6 Å². The van der Waals surface area contributed by atoms with Gasteiger partial charge in [0, 0.05) is 5.25 Å². The van der Waals surface area contributed by atoms with E-state index in [1.165, 1.54) is 18.2 Å². The first-order chi connectivity index (χ1) is 6.02. The molecule has 0 saturated heterocycles. The quantitative estimate of drug-likeness (QED) is 0.743. The normalized spacial score (nSPS) is 13.2. The molecule has 4 heteroatoms. The molecule has 0 spiro atoms. The highest BCUT2D eigenvalue weighted by Gasteiger charge is 2.11. The van der Waals surface area contributed by atoms with Crippen LogP contribution in [0, 0.1) is 5.82 Å². The minimum absolute atomic E-state index is 0.00670. The van der Waals surface area contributed by atoms with Crippen molar-refractivity contribution in [2.75, 3.05) is 5.73 Å². The maximum atomic E-state index is 12.6. The first kappa shape index (κ1) is 10.2. The highest BCUT2D eigenvalue weighted by molar-refractivity contribution is 7.85. The zero-order valence-corrected chi connectivity index (χ0v) is 8.40. The van der Waals surface area contributed by atoms with Crippen molar-refractivity contribution >= 4 is 16.5 Å². The molecule has 2 N–H and O–H groups in total. The highest BCUT2D eigenvalue weighted by Crippen LogP contribution is 2.19. The van der Waals surface area contributed by atoms with E-state index in [0.717, 1.165) is 0 Å². The van der Waals surface area contributed by atoms with E-state index in [0.29, 0.717) is 4.90 Å². The van der Waals surface area contributed by atoms with E-state index in [1.54, 1.807) is 0 Å². The SMILES string of the molecule is CC(C)S(=O)c1ccc(F)cc1N. The Bertz CT molecular complexity index is 338. The van der Waals surface area contributed by atoms with Crippen LogP contribution >= 0.6 is 0 Å². The second-order valence-corrected chi connectivity index (χ2v) is 5.01. The second kappa shape index (κ2) is 3.87. The van der Waals surface area contributed by atoms with Crippen molar-refractivity contribution in [3.8, 4) is 0 Å². The van der Waals surface area contributed by atoms with Crippen LogP contribution in [0.1, 0.15) is 13.8 Å². The van der Waals surface area contributed by atoms with Gasteiger partial charge >= 0.3 is 0 Å². The molecule has 1 aromatic carbocycles. The molecule has 0 bridgehead atoms. The summed E-state index contributed by atoms with van der Waals surface area (Å²) in [6.45, 7) is 3.66. The molecule has 0 radical (unpaired) electrons. The van der Waals surface area contributed by atoms with Gasteiger partial charge < -0.3 is 5.73 Å². The first-order valence-corrected chi connectivity index (χ1v) is 5.19. The summed E-state index contributed by atoms with van der Waals surface area (Å²) in [6, 6.07) is 3.93. The predicted molar refractivity (Wildman–Crippen MR) is 52.4 cm³/mol. The third-order valence-corrected chi connectivity index (χ3v) is 3.28. The van der Waals surface area contributed by atoms with E-state index >= 15 is 0 Å². The van der Waals surface area contributed by atoms with Crippen molar-refractivity contribution in [3.05, 3.63) is 24.0 Å². The zero-order valence-electron chi connectivity index (χ0n) is 7.58. The Balaban J connectivity index is 3.09. The average molecular weight is 201 g/mol. The van der Waals surface area contributed by atoms with Gasteiger partial charge in [0.05, 0.1) is 21.4 Å². The van der Waals surface area contributed by atoms with E-state index in [-0.39, 0.29) is 10.9 Å². The molecule has 1 unspecified atom stereocenters. The summed E-state index contributed by atoms with van der Waals surface area (Å²) in [7, 11) is -1.15. The third-order valence-electron chi connectivity index (χ3n) is 1.62. The fourth-order valence-corrected chi connectivity index (χ4v) is 1.96. The Morgan fingerprint density at radius 3 is 2.54 bits per heavy atom. The van der Waals surface area contributed by atoms with Crippen LogP contribution in [0.3, 0.4) is 0 Å². The summed E-state index contributed by atoms with van der Waals surface area (Å²) in [5.74, 6) is -0.401. The van der Waals surface area contributed by atoms with Gasteiger partial charge in [-0.2, -0.15) is 0 Å². The van der Waals surface area contributed by atoms with Crippen LogP contribution in [0.2, 0.25) is 0 Å². The summed E-state index contributed by atoms with van der Waals surface area (Å²) < 4.78 is 24.2.